The molecule has 1 fully saturated rings. The number of nitrogens with zero attached hydrogens (tertiary/aromatic N) is 2. The number of rotatable bonds is 3. The van der Waals surface area contributed by atoms with E-state index in [2.05, 4.69) is 15.4 Å². The topological polar surface area (TPSA) is 58.4 Å². The fourth-order valence-corrected chi connectivity index (χ4v) is 2.69. The van der Waals surface area contributed by atoms with E-state index < -0.39 is 0 Å². The lowest BCUT2D eigenvalue weighted by molar-refractivity contribution is -0.125. The van der Waals surface area contributed by atoms with E-state index in [9.17, 15) is 4.79 Å². The number of carbonyl (C=O) groups excluding carboxylic acids is 1. The van der Waals surface area contributed by atoms with Crippen LogP contribution >= 0.6 is 11.6 Å². The lowest BCUT2D eigenvalue weighted by atomic mass is 10.1. The van der Waals surface area contributed by atoms with Crippen LogP contribution in [0.5, 0.6) is 0 Å². The fourth-order valence-electron chi connectivity index (χ4n) is 2.56. The van der Waals surface area contributed by atoms with E-state index in [0.717, 1.165) is 36.5 Å². The van der Waals surface area contributed by atoms with Crippen molar-refractivity contribution in [3.8, 4) is 11.3 Å². The summed E-state index contributed by atoms with van der Waals surface area (Å²) in [6, 6.07) is 9.22. The maximum Gasteiger partial charge on any atom is 0.237 e. The first-order valence-corrected chi connectivity index (χ1v) is 7.74. The molecular weight excluding hydrogens is 302 g/mol. The van der Waals surface area contributed by atoms with Crippen molar-refractivity contribution in [1.29, 1.82) is 0 Å². The summed E-state index contributed by atoms with van der Waals surface area (Å²) in [6.45, 7) is 4.08. The van der Waals surface area contributed by atoms with Crippen molar-refractivity contribution in [2.45, 2.75) is 25.9 Å². The Kier molecular flexibility index (Phi) is 4.45. The molecular formula is C16H18ClN3O2. The Balaban J connectivity index is 1.73. The average Bonchev–Trinajstić information content (AvgIpc) is 2.92. The molecule has 5 nitrogen and oxygen atoms in total. The molecule has 1 N–H and O–H groups in total. The molecule has 1 aromatic carbocycles. The maximum atomic E-state index is 11.9. The van der Waals surface area contributed by atoms with Gasteiger partial charge >= 0.3 is 0 Å². The molecule has 1 amide bonds. The normalized spacial score (nSPS) is 19.7. The molecule has 116 valence electrons. The van der Waals surface area contributed by atoms with Crippen LogP contribution in [-0.2, 0) is 11.3 Å². The van der Waals surface area contributed by atoms with Gasteiger partial charge in [0.2, 0.25) is 5.91 Å². The van der Waals surface area contributed by atoms with Gasteiger partial charge in [0.1, 0.15) is 5.69 Å². The summed E-state index contributed by atoms with van der Waals surface area (Å²) in [5, 5.41) is 7.70. The summed E-state index contributed by atoms with van der Waals surface area (Å²) >= 11 is 5.89. The van der Waals surface area contributed by atoms with Crippen LogP contribution in [0.2, 0.25) is 5.02 Å². The van der Waals surface area contributed by atoms with Gasteiger partial charge in [-0.05, 0) is 25.5 Å². The lowest BCUT2D eigenvalue weighted by Gasteiger charge is -2.23. The van der Waals surface area contributed by atoms with E-state index in [-0.39, 0.29) is 11.9 Å². The van der Waals surface area contributed by atoms with Gasteiger partial charge in [-0.25, -0.2) is 0 Å². The van der Waals surface area contributed by atoms with Crippen LogP contribution in [0.25, 0.3) is 11.3 Å². The van der Waals surface area contributed by atoms with E-state index in [0.29, 0.717) is 11.6 Å². The van der Waals surface area contributed by atoms with Crippen LogP contribution in [-0.4, -0.2) is 35.1 Å². The van der Waals surface area contributed by atoms with Gasteiger partial charge in [-0.3, -0.25) is 9.69 Å². The van der Waals surface area contributed by atoms with Crippen molar-refractivity contribution in [3.05, 3.63) is 41.1 Å². The molecule has 2 aromatic rings. The Morgan fingerprint density at radius 1 is 1.41 bits per heavy atom. The van der Waals surface area contributed by atoms with Gasteiger partial charge in [0.25, 0.3) is 0 Å². The second kappa shape index (κ2) is 6.50. The van der Waals surface area contributed by atoms with Gasteiger partial charge in [-0.15, -0.1) is 0 Å². The van der Waals surface area contributed by atoms with Gasteiger partial charge in [0, 0.05) is 29.7 Å². The van der Waals surface area contributed by atoms with Crippen molar-refractivity contribution in [2.75, 3.05) is 13.1 Å². The highest BCUT2D eigenvalue weighted by Gasteiger charge is 2.24. The molecule has 1 aliphatic heterocycles. The van der Waals surface area contributed by atoms with Crippen molar-refractivity contribution in [1.82, 2.24) is 15.4 Å². The van der Waals surface area contributed by atoms with Crippen molar-refractivity contribution in [3.63, 3.8) is 0 Å². The van der Waals surface area contributed by atoms with Crippen LogP contribution in [0.3, 0.4) is 0 Å². The van der Waals surface area contributed by atoms with Crippen molar-refractivity contribution < 1.29 is 9.32 Å². The summed E-state index contributed by atoms with van der Waals surface area (Å²) in [6.07, 6.45) is 0.939. The SMILES string of the molecule is CC1C(=O)NCCCN1Cc1cc(-c2ccc(Cl)cc2)no1. The molecule has 1 aromatic heterocycles. The zero-order chi connectivity index (χ0) is 15.5. The smallest absolute Gasteiger partial charge is 0.237 e. The van der Waals surface area contributed by atoms with Gasteiger partial charge in [0.15, 0.2) is 5.76 Å². The number of aromatic nitrogens is 1. The average molecular weight is 320 g/mol. The minimum atomic E-state index is -0.161. The molecule has 0 spiro atoms. The third-order valence-corrected chi connectivity index (χ3v) is 4.16. The minimum Gasteiger partial charge on any atom is -0.359 e. The highest BCUT2D eigenvalue weighted by atomic mass is 35.5. The largest absolute Gasteiger partial charge is 0.359 e. The third-order valence-electron chi connectivity index (χ3n) is 3.91. The summed E-state index contributed by atoms with van der Waals surface area (Å²) in [5.41, 5.74) is 1.74. The van der Waals surface area contributed by atoms with Gasteiger partial charge in [-0.1, -0.05) is 28.9 Å². The zero-order valence-electron chi connectivity index (χ0n) is 12.4. The standard InChI is InChI=1S/C16H18ClN3O2/c1-11-16(21)18-7-2-8-20(11)10-14-9-15(19-22-14)12-3-5-13(17)6-4-12/h3-6,9,11H,2,7-8,10H2,1H3,(H,18,21). The van der Waals surface area contributed by atoms with Crippen LogP contribution in [0.1, 0.15) is 19.1 Å². The second-order valence-corrected chi connectivity index (χ2v) is 5.91. The predicted molar refractivity (Wildman–Crippen MR) is 84.4 cm³/mol. The number of hydrogen-bond acceptors (Lipinski definition) is 4. The van der Waals surface area contributed by atoms with E-state index in [1.54, 1.807) is 0 Å². The first kappa shape index (κ1) is 15.1. The van der Waals surface area contributed by atoms with Crippen molar-refractivity contribution in [2.24, 2.45) is 0 Å². The van der Waals surface area contributed by atoms with Gasteiger partial charge in [0.05, 0.1) is 12.6 Å². The Bertz CT molecular complexity index is 654. The van der Waals surface area contributed by atoms with E-state index in [1.165, 1.54) is 0 Å². The predicted octanol–water partition coefficient (Wildman–Crippen LogP) is 2.71. The highest BCUT2D eigenvalue weighted by molar-refractivity contribution is 6.30. The summed E-state index contributed by atoms with van der Waals surface area (Å²) in [4.78, 5) is 14.0. The first-order valence-electron chi connectivity index (χ1n) is 7.37. The number of nitrogens with one attached hydrogen (secondary N) is 1. The number of carbonyl (C=O) groups is 1. The Labute approximate surface area is 134 Å². The first-order chi connectivity index (χ1) is 10.6. The zero-order valence-corrected chi connectivity index (χ0v) is 13.1. The third kappa shape index (κ3) is 3.31. The molecule has 0 bridgehead atoms. The second-order valence-electron chi connectivity index (χ2n) is 5.48. The monoisotopic (exact) mass is 319 g/mol. The molecule has 0 saturated carbocycles. The van der Waals surface area contributed by atoms with E-state index in [1.807, 2.05) is 37.3 Å². The summed E-state index contributed by atoms with van der Waals surface area (Å²) in [5.74, 6) is 0.821. The van der Waals surface area contributed by atoms with Crippen molar-refractivity contribution >= 4 is 17.5 Å². The fraction of sp³-hybridized carbons (Fsp3) is 0.375. The quantitative estimate of drug-likeness (QED) is 0.945. The van der Waals surface area contributed by atoms with Crippen LogP contribution in [0.4, 0.5) is 0 Å². The molecule has 3 rings (SSSR count). The Morgan fingerprint density at radius 3 is 2.95 bits per heavy atom. The van der Waals surface area contributed by atoms with Crippen LogP contribution < -0.4 is 5.32 Å². The van der Waals surface area contributed by atoms with Gasteiger partial charge in [-0.2, -0.15) is 0 Å². The molecule has 1 atom stereocenters. The van der Waals surface area contributed by atoms with Crippen LogP contribution in [0.15, 0.2) is 34.9 Å². The van der Waals surface area contributed by atoms with Crippen LogP contribution in [0, 0.1) is 0 Å². The maximum absolute atomic E-state index is 11.9. The molecule has 1 unspecified atom stereocenters. The Hall–Kier alpha value is -1.85. The highest BCUT2D eigenvalue weighted by Crippen LogP contribution is 2.22. The molecule has 22 heavy (non-hydrogen) atoms. The number of amides is 1. The number of hydrogen-bond donors (Lipinski definition) is 1. The van der Waals surface area contributed by atoms with E-state index >= 15 is 0 Å². The molecule has 0 aliphatic carbocycles. The summed E-state index contributed by atoms with van der Waals surface area (Å²) < 4.78 is 5.42. The molecule has 1 aliphatic rings. The Morgan fingerprint density at radius 2 is 2.18 bits per heavy atom. The molecule has 0 radical (unpaired) electrons. The molecule has 1 saturated heterocycles. The minimum absolute atomic E-state index is 0.0648. The molecule has 6 heteroatoms. The number of benzene rings is 1. The van der Waals surface area contributed by atoms with E-state index in [4.69, 9.17) is 16.1 Å². The molecule has 2 heterocycles. The number of halogens is 1. The van der Waals surface area contributed by atoms with Gasteiger partial charge < -0.3 is 9.84 Å². The summed E-state index contributed by atoms with van der Waals surface area (Å²) in [7, 11) is 0. The lowest BCUT2D eigenvalue weighted by Crippen LogP contribution is -2.41.